The number of nitrogens with zero attached hydrogens (tertiary/aromatic N) is 1. The van der Waals surface area contributed by atoms with Crippen LogP contribution in [-0.4, -0.2) is 4.57 Å². The lowest BCUT2D eigenvalue weighted by molar-refractivity contribution is 0.868. The Balaban J connectivity index is 1.62. The van der Waals surface area contributed by atoms with Gasteiger partial charge in [-0.25, -0.2) is 0 Å². The summed E-state index contributed by atoms with van der Waals surface area (Å²) in [6.45, 7) is 19.2. The van der Waals surface area contributed by atoms with Crippen LogP contribution < -0.4 is 0 Å². The van der Waals surface area contributed by atoms with Crippen LogP contribution >= 0.6 is 0 Å². The topological polar surface area (TPSA) is 4.93 Å². The molecule has 0 fully saturated rings. The molecule has 41 heavy (non-hydrogen) atoms. The van der Waals surface area contributed by atoms with Gasteiger partial charge in [0.05, 0.1) is 5.52 Å². The zero-order valence-electron chi connectivity index (χ0n) is 23.7. The van der Waals surface area contributed by atoms with Gasteiger partial charge in [-0.1, -0.05) is 136 Å². The molecule has 0 aliphatic rings. The first-order chi connectivity index (χ1) is 20.0. The average Bonchev–Trinajstić information content (AvgIpc) is 3.33. The van der Waals surface area contributed by atoms with E-state index in [1.807, 2.05) is 24.3 Å². The lowest BCUT2D eigenvalue weighted by Gasteiger charge is -2.12. The standard InChI is InChI=1S/C40H35N/c1-6-16-32(7-2)29(4)25-36(26-30(5)34-18-10-9-11-19-34)35-21-14-17-31(27-35)28-41-38-23-13-12-22-37(38)40-33(8-3)20-15-24-39(40)41/h6-27H,1-4,28H2,5H3/b30-26+,32-16+,36-25+. The van der Waals surface area contributed by atoms with Crippen molar-refractivity contribution in [2.45, 2.75) is 13.5 Å². The van der Waals surface area contributed by atoms with Crippen LogP contribution in [0.15, 0.2) is 165 Å². The monoisotopic (exact) mass is 529 g/mol. The second-order valence-electron chi connectivity index (χ2n) is 10.1. The molecule has 0 N–H and O–H groups in total. The van der Waals surface area contributed by atoms with Crippen molar-refractivity contribution in [3.8, 4) is 0 Å². The predicted octanol–water partition coefficient (Wildman–Crippen LogP) is 10.8. The summed E-state index contributed by atoms with van der Waals surface area (Å²) in [6, 6.07) is 34.4. The Morgan fingerprint density at radius 3 is 2.22 bits per heavy atom. The fraction of sp³-hybridized carbons (Fsp3) is 0.0500. The Hall–Kier alpha value is -5.14. The highest BCUT2D eigenvalue weighted by molar-refractivity contribution is 6.11. The normalized spacial score (nSPS) is 12.5. The highest BCUT2D eigenvalue weighted by atomic mass is 15.0. The minimum atomic E-state index is 0.752. The number of hydrogen-bond acceptors (Lipinski definition) is 0. The molecule has 1 heterocycles. The van der Waals surface area contributed by atoms with E-state index in [2.05, 4.69) is 141 Å². The van der Waals surface area contributed by atoms with E-state index in [9.17, 15) is 0 Å². The SMILES string of the molecule is C=C/C=C(\C=C)C(=C)/C=C(\C=C(/C)c1ccccc1)c1cccc(Cn2c3ccccc3c3c(C=C)cccc32)c1. The molecular formula is C40H35N. The first kappa shape index (κ1) is 27.4. The van der Waals surface area contributed by atoms with Crippen LogP contribution in [0.2, 0.25) is 0 Å². The summed E-state index contributed by atoms with van der Waals surface area (Å²) < 4.78 is 2.41. The van der Waals surface area contributed by atoms with Crippen LogP contribution in [-0.2, 0) is 6.54 Å². The molecular weight excluding hydrogens is 494 g/mol. The van der Waals surface area contributed by atoms with Crippen molar-refractivity contribution < 1.29 is 0 Å². The van der Waals surface area contributed by atoms with Crippen LogP contribution in [0.4, 0.5) is 0 Å². The molecule has 1 aromatic heterocycles. The van der Waals surface area contributed by atoms with Crippen LogP contribution in [0.5, 0.6) is 0 Å². The molecule has 0 bridgehead atoms. The number of benzene rings is 4. The minimum Gasteiger partial charge on any atom is -0.336 e. The van der Waals surface area contributed by atoms with Crippen LogP contribution in [0, 0.1) is 0 Å². The van der Waals surface area contributed by atoms with Crippen LogP contribution in [0.25, 0.3) is 39.0 Å². The Kier molecular flexibility index (Phi) is 8.27. The number of allylic oxidation sites excluding steroid dienone is 9. The Morgan fingerprint density at radius 2 is 1.46 bits per heavy atom. The van der Waals surface area contributed by atoms with Gasteiger partial charge in [-0.3, -0.25) is 0 Å². The van der Waals surface area contributed by atoms with Gasteiger partial charge in [0.15, 0.2) is 0 Å². The number of hydrogen-bond donors (Lipinski definition) is 0. The van der Waals surface area contributed by atoms with Crippen molar-refractivity contribution in [2.24, 2.45) is 0 Å². The maximum absolute atomic E-state index is 4.35. The van der Waals surface area contributed by atoms with Gasteiger partial charge in [0.2, 0.25) is 0 Å². The summed E-state index contributed by atoms with van der Waals surface area (Å²) in [5, 5.41) is 2.50. The molecule has 0 saturated carbocycles. The third kappa shape index (κ3) is 5.76. The van der Waals surface area contributed by atoms with E-state index in [-0.39, 0.29) is 0 Å². The fourth-order valence-corrected chi connectivity index (χ4v) is 5.43. The zero-order valence-corrected chi connectivity index (χ0v) is 23.7. The molecule has 5 aromatic rings. The molecule has 5 rings (SSSR count). The average molecular weight is 530 g/mol. The number of fused-ring (bicyclic) bond motifs is 3. The number of para-hydroxylation sites is 1. The summed E-state index contributed by atoms with van der Waals surface area (Å²) in [4.78, 5) is 0. The third-order valence-corrected chi connectivity index (χ3v) is 7.47. The van der Waals surface area contributed by atoms with Crippen LogP contribution in [0.3, 0.4) is 0 Å². The molecule has 0 radical (unpaired) electrons. The van der Waals surface area contributed by atoms with Gasteiger partial charge in [-0.05, 0) is 75.7 Å². The van der Waals surface area contributed by atoms with Gasteiger partial charge in [0, 0.05) is 22.8 Å². The van der Waals surface area contributed by atoms with Gasteiger partial charge in [0.1, 0.15) is 0 Å². The van der Waals surface area contributed by atoms with Gasteiger partial charge in [-0.2, -0.15) is 0 Å². The highest BCUT2D eigenvalue weighted by Crippen LogP contribution is 2.33. The maximum atomic E-state index is 4.35. The van der Waals surface area contributed by atoms with Crippen molar-refractivity contribution in [3.05, 3.63) is 187 Å². The fourth-order valence-electron chi connectivity index (χ4n) is 5.43. The van der Waals surface area contributed by atoms with Crippen molar-refractivity contribution in [3.63, 3.8) is 0 Å². The van der Waals surface area contributed by atoms with Crippen molar-refractivity contribution >= 4 is 39.0 Å². The Bertz CT molecular complexity index is 1870. The van der Waals surface area contributed by atoms with Crippen molar-refractivity contribution in [1.82, 2.24) is 4.57 Å². The van der Waals surface area contributed by atoms with Gasteiger partial charge < -0.3 is 4.57 Å². The van der Waals surface area contributed by atoms with Crippen molar-refractivity contribution in [1.29, 1.82) is 0 Å². The molecule has 1 nitrogen and oxygen atoms in total. The van der Waals surface area contributed by atoms with E-state index in [4.69, 9.17) is 0 Å². The van der Waals surface area contributed by atoms with Gasteiger partial charge in [-0.15, -0.1) is 0 Å². The lowest BCUT2D eigenvalue weighted by Crippen LogP contribution is -2.00. The lowest BCUT2D eigenvalue weighted by atomic mass is 9.95. The molecule has 200 valence electrons. The third-order valence-electron chi connectivity index (χ3n) is 7.47. The quantitative estimate of drug-likeness (QED) is 0.159. The molecule has 0 aliphatic heterocycles. The van der Waals surface area contributed by atoms with Gasteiger partial charge in [0.25, 0.3) is 0 Å². The summed E-state index contributed by atoms with van der Waals surface area (Å²) in [6.07, 6.45) is 11.9. The van der Waals surface area contributed by atoms with Gasteiger partial charge >= 0.3 is 0 Å². The largest absolute Gasteiger partial charge is 0.336 e. The molecule has 0 spiro atoms. The summed E-state index contributed by atoms with van der Waals surface area (Å²) in [7, 11) is 0. The summed E-state index contributed by atoms with van der Waals surface area (Å²) in [5.74, 6) is 0. The minimum absolute atomic E-state index is 0.752. The smallest absolute Gasteiger partial charge is 0.0500 e. The van der Waals surface area contributed by atoms with E-state index in [0.717, 1.165) is 34.4 Å². The number of aromatic nitrogens is 1. The molecule has 0 aliphatic carbocycles. The van der Waals surface area contributed by atoms with E-state index in [1.54, 1.807) is 6.08 Å². The van der Waals surface area contributed by atoms with E-state index < -0.39 is 0 Å². The highest BCUT2D eigenvalue weighted by Gasteiger charge is 2.13. The second-order valence-corrected chi connectivity index (χ2v) is 10.1. The summed E-state index contributed by atoms with van der Waals surface area (Å²) >= 11 is 0. The zero-order chi connectivity index (χ0) is 28.8. The molecule has 4 aromatic carbocycles. The summed E-state index contributed by atoms with van der Waals surface area (Å²) in [5.41, 5.74) is 11.2. The predicted molar refractivity (Wildman–Crippen MR) is 181 cm³/mol. The van der Waals surface area contributed by atoms with E-state index in [0.29, 0.717) is 0 Å². The molecule has 0 saturated heterocycles. The maximum Gasteiger partial charge on any atom is 0.0500 e. The van der Waals surface area contributed by atoms with E-state index >= 15 is 0 Å². The molecule has 1 heteroatoms. The molecule has 0 amide bonds. The molecule has 0 unspecified atom stereocenters. The van der Waals surface area contributed by atoms with Crippen LogP contribution in [0.1, 0.15) is 29.2 Å². The second kappa shape index (κ2) is 12.4. The Labute approximate surface area is 243 Å². The molecule has 0 atom stereocenters. The van der Waals surface area contributed by atoms with E-state index in [1.165, 1.54) is 38.5 Å². The van der Waals surface area contributed by atoms with Crippen molar-refractivity contribution in [2.75, 3.05) is 0 Å². The first-order valence-electron chi connectivity index (χ1n) is 13.9. The first-order valence-corrected chi connectivity index (χ1v) is 13.9. The Morgan fingerprint density at radius 1 is 0.756 bits per heavy atom. The number of rotatable bonds is 10.